The van der Waals surface area contributed by atoms with Gasteiger partial charge < -0.3 is 21.3 Å². The quantitative estimate of drug-likeness (QED) is 0.319. The highest BCUT2D eigenvalue weighted by Crippen LogP contribution is 2.21. The summed E-state index contributed by atoms with van der Waals surface area (Å²) in [4.78, 5) is 34.6. The van der Waals surface area contributed by atoms with E-state index in [0.717, 1.165) is 59.7 Å². The van der Waals surface area contributed by atoms with Crippen molar-refractivity contribution >= 4 is 45.6 Å². The Bertz CT molecular complexity index is 1470. The molecule has 8 nitrogen and oxygen atoms in total. The summed E-state index contributed by atoms with van der Waals surface area (Å²) < 4.78 is 0. The van der Waals surface area contributed by atoms with Crippen LogP contribution in [0.15, 0.2) is 94.9 Å². The number of aliphatic imine (C=N–C) groups is 2. The van der Waals surface area contributed by atoms with Crippen LogP contribution >= 0.6 is 0 Å². The number of nitrogens with zero attached hydrogens (tertiary/aromatic N) is 2. The van der Waals surface area contributed by atoms with Gasteiger partial charge in [0, 0.05) is 46.7 Å². The van der Waals surface area contributed by atoms with E-state index in [1.54, 1.807) is 12.1 Å². The molecule has 0 saturated carbocycles. The average molecular weight is 503 g/mol. The van der Waals surface area contributed by atoms with Crippen LogP contribution in [0.1, 0.15) is 31.8 Å². The number of anilines is 2. The third-order valence-electron chi connectivity index (χ3n) is 6.55. The van der Waals surface area contributed by atoms with Crippen molar-refractivity contribution in [2.24, 2.45) is 9.98 Å². The van der Waals surface area contributed by atoms with Gasteiger partial charge >= 0.3 is 0 Å². The van der Waals surface area contributed by atoms with Gasteiger partial charge in [-0.2, -0.15) is 0 Å². The second-order valence-corrected chi connectivity index (χ2v) is 9.15. The minimum Gasteiger partial charge on any atom is -0.368 e. The molecule has 4 aromatic carbocycles. The molecule has 0 unspecified atom stereocenters. The first-order valence-electron chi connectivity index (χ1n) is 12.6. The minimum absolute atomic E-state index is 0.194. The van der Waals surface area contributed by atoms with Crippen molar-refractivity contribution in [1.82, 2.24) is 10.6 Å². The van der Waals surface area contributed by atoms with Crippen LogP contribution in [0, 0.1) is 0 Å². The predicted octanol–water partition coefficient (Wildman–Crippen LogP) is 4.04. The molecule has 188 valence electrons. The van der Waals surface area contributed by atoms with Gasteiger partial charge in [-0.25, -0.2) is 0 Å². The fraction of sp³-hybridized carbons (Fsp3) is 0.133. The summed E-state index contributed by atoms with van der Waals surface area (Å²) in [5.74, 6) is 1.38. The summed E-state index contributed by atoms with van der Waals surface area (Å²) in [5.41, 5.74) is 4.51. The van der Waals surface area contributed by atoms with Gasteiger partial charge in [0.1, 0.15) is 11.7 Å². The van der Waals surface area contributed by atoms with Crippen LogP contribution in [0.5, 0.6) is 0 Å². The summed E-state index contributed by atoms with van der Waals surface area (Å²) in [5, 5.41) is 14.1. The molecule has 0 aromatic heterocycles. The monoisotopic (exact) mass is 502 g/mol. The number of nitrogens with one attached hydrogen (secondary N) is 4. The van der Waals surface area contributed by atoms with E-state index in [2.05, 4.69) is 31.3 Å². The number of carbonyl (C=O) groups is 2. The Labute approximate surface area is 219 Å². The molecule has 4 aromatic rings. The van der Waals surface area contributed by atoms with E-state index < -0.39 is 0 Å². The lowest BCUT2D eigenvalue weighted by Gasteiger charge is -2.10. The number of rotatable bonds is 6. The summed E-state index contributed by atoms with van der Waals surface area (Å²) in [6.07, 6.45) is 0. The number of benzene rings is 4. The van der Waals surface area contributed by atoms with Crippen LogP contribution < -0.4 is 21.3 Å². The van der Waals surface area contributed by atoms with Crippen molar-refractivity contribution in [3.05, 3.63) is 107 Å². The molecular weight excluding hydrogens is 476 g/mol. The van der Waals surface area contributed by atoms with E-state index in [9.17, 15) is 9.59 Å². The third-order valence-corrected chi connectivity index (χ3v) is 6.55. The number of amides is 2. The van der Waals surface area contributed by atoms with Gasteiger partial charge in [-0.15, -0.1) is 0 Å². The number of hydrogen-bond acceptors (Lipinski definition) is 6. The fourth-order valence-corrected chi connectivity index (χ4v) is 4.54. The highest BCUT2D eigenvalue weighted by molar-refractivity contribution is 6.09. The first kappa shape index (κ1) is 23.4. The SMILES string of the molecule is O=C(Nc1ccc(C2=NCCN2)cc1)c1ccc2cc(C(=O)Nc3ccc(C4=NCCN4)cc3)ccc2c1. The van der Waals surface area contributed by atoms with E-state index in [1.165, 1.54) is 0 Å². The van der Waals surface area contributed by atoms with Gasteiger partial charge in [-0.05, 0) is 83.6 Å². The lowest BCUT2D eigenvalue weighted by Crippen LogP contribution is -2.19. The normalized spacial score (nSPS) is 14.3. The zero-order valence-corrected chi connectivity index (χ0v) is 20.6. The van der Waals surface area contributed by atoms with Gasteiger partial charge in [0.25, 0.3) is 11.8 Å². The highest BCUT2D eigenvalue weighted by atomic mass is 16.2. The van der Waals surface area contributed by atoms with Crippen molar-refractivity contribution in [1.29, 1.82) is 0 Å². The van der Waals surface area contributed by atoms with Crippen molar-refractivity contribution in [3.63, 3.8) is 0 Å². The Morgan fingerprint density at radius 1 is 0.579 bits per heavy atom. The minimum atomic E-state index is -0.194. The Kier molecular flexibility index (Phi) is 6.27. The molecule has 2 amide bonds. The molecular formula is C30H26N6O2. The number of amidine groups is 2. The molecule has 4 N–H and O–H groups in total. The van der Waals surface area contributed by atoms with Crippen LogP contribution in [0.25, 0.3) is 10.8 Å². The van der Waals surface area contributed by atoms with Gasteiger partial charge in [0.15, 0.2) is 0 Å². The van der Waals surface area contributed by atoms with Crippen molar-refractivity contribution in [2.75, 3.05) is 36.8 Å². The standard InChI is InChI=1S/C30H26N6O2/c37-29(35-25-9-5-19(6-10-25)27-31-13-14-32-27)23-3-1-21-17-24(4-2-22(21)18-23)30(38)36-26-11-7-20(8-12-26)28-33-15-16-34-28/h1-12,17-18H,13-16H2,(H,31,32)(H,33,34)(H,35,37)(H,36,38). The smallest absolute Gasteiger partial charge is 0.255 e. The lowest BCUT2D eigenvalue weighted by atomic mass is 10.0. The molecule has 8 heteroatoms. The molecule has 0 fully saturated rings. The maximum absolute atomic E-state index is 12.9. The van der Waals surface area contributed by atoms with E-state index in [-0.39, 0.29) is 11.8 Å². The first-order chi connectivity index (χ1) is 18.6. The Hall–Kier alpha value is -4.98. The molecule has 0 radical (unpaired) electrons. The lowest BCUT2D eigenvalue weighted by molar-refractivity contribution is 0.101. The summed E-state index contributed by atoms with van der Waals surface area (Å²) in [6, 6.07) is 26.2. The van der Waals surface area contributed by atoms with Crippen LogP contribution in [0.3, 0.4) is 0 Å². The molecule has 2 aliphatic heterocycles. The Balaban J connectivity index is 1.12. The summed E-state index contributed by atoms with van der Waals surface area (Å²) >= 11 is 0. The van der Waals surface area contributed by atoms with Gasteiger partial charge in [-0.1, -0.05) is 12.1 Å². The maximum Gasteiger partial charge on any atom is 0.255 e. The molecule has 0 saturated heterocycles. The predicted molar refractivity (Wildman–Crippen MR) is 152 cm³/mol. The molecule has 0 bridgehead atoms. The van der Waals surface area contributed by atoms with Crippen LogP contribution in [-0.4, -0.2) is 49.7 Å². The maximum atomic E-state index is 12.9. The van der Waals surface area contributed by atoms with Crippen molar-refractivity contribution in [3.8, 4) is 0 Å². The molecule has 0 atom stereocenters. The molecule has 2 heterocycles. The van der Waals surface area contributed by atoms with Crippen molar-refractivity contribution in [2.45, 2.75) is 0 Å². The zero-order valence-electron chi connectivity index (χ0n) is 20.6. The molecule has 0 spiro atoms. The number of carbonyl (C=O) groups excluding carboxylic acids is 2. The number of hydrogen-bond donors (Lipinski definition) is 4. The average Bonchev–Trinajstić information content (AvgIpc) is 3.69. The second kappa shape index (κ2) is 10.2. The molecule has 38 heavy (non-hydrogen) atoms. The topological polar surface area (TPSA) is 107 Å². The molecule has 0 aliphatic carbocycles. The second-order valence-electron chi connectivity index (χ2n) is 9.15. The number of fused-ring (bicyclic) bond motifs is 1. The third kappa shape index (κ3) is 4.97. The van der Waals surface area contributed by atoms with Crippen LogP contribution in [-0.2, 0) is 0 Å². The van der Waals surface area contributed by atoms with Gasteiger partial charge in [0.05, 0.1) is 13.1 Å². The Morgan fingerprint density at radius 3 is 1.37 bits per heavy atom. The Morgan fingerprint density at radius 2 is 1.00 bits per heavy atom. The summed E-state index contributed by atoms with van der Waals surface area (Å²) in [7, 11) is 0. The first-order valence-corrected chi connectivity index (χ1v) is 12.6. The highest BCUT2D eigenvalue weighted by Gasteiger charge is 2.13. The van der Waals surface area contributed by atoms with E-state index in [0.29, 0.717) is 22.5 Å². The summed E-state index contributed by atoms with van der Waals surface area (Å²) in [6.45, 7) is 3.27. The van der Waals surface area contributed by atoms with E-state index >= 15 is 0 Å². The van der Waals surface area contributed by atoms with E-state index in [1.807, 2.05) is 72.8 Å². The largest absolute Gasteiger partial charge is 0.368 e. The van der Waals surface area contributed by atoms with Gasteiger partial charge in [0.2, 0.25) is 0 Å². The fourth-order valence-electron chi connectivity index (χ4n) is 4.54. The molecule has 6 rings (SSSR count). The van der Waals surface area contributed by atoms with Crippen LogP contribution in [0.2, 0.25) is 0 Å². The van der Waals surface area contributed by atoms with E-state index in [4.69, 9.17) is 0 Å². The van der Waals surface area contributed by atoms with Crippen molar-refractivity contribution < 1.29 is 9.59 Å². The zero-order chi connectivity index (χ0) is 25.9. The molecule has 2 aliphatic rings. The van der Waals surface area contributed by atoms with Gasteiger partial charge in [-0.3, -0.25) is 19.6 Å². The van der Waals surface area contributed by atoms with Crippen LogP contribution in [0.4, 0.5) is 11.4 Å².